The van der Waals surface area contributed by atoms with Crippen molar-refractivity contribution in [3.8, 4) is 11.1 Å². The number of rotatable bonds is 5. The highest BCUT2D eigenvalue weighted by molar-refractivity contribution is 6.92. The first-order chi connectivity index (χ1) is 18.5. The fourth-order valence-electron chi connectivity index (χ4n) is 7.29. The number of aryl methyl sites for hydroxylation is 2. The van der Waals surface area contributed by atoms with Gasteiger partial charge in [-0.05, 0) is 41.1 Å². The first kappa shape index (κ1) is 23.4. The third-order valence-electron chi connectivity index (χ3n) is 9.58. The Morgan fingerprint density at radius 1 is 0.737 bits per heavy atom. The van der Waals surface area contributed by atoms with Gasteiger partial charge in [0.1, 0.15) is 7.05 Å². The fraction of sp³-hybridized carbons (Fsp3) is 0.229. The van der Waals surface area contributed by atoms with Gasteiger partial charge in [0.15, 0.2) is 6.20 Å². The monoisotopic (exact) mass is 511 g/mol. The molecule has 4 aromatic carbocycles. The molecule has 38 heavy (non-hydrogen) atoms. The molecule has 7 aromatic rings. The van der Waals surface area contributed by atoms with Crippen LogP contribution in [0.5, 0.6) is 0 Å². The molecule has 0 spiro atoms. The molecule has 3 aromatic heterocycles. The van der Waals surface area contributed by atoms with Crippen molar-refractivity contribution in [1.29, 1.82) is 0 Å². The molecule has 0 saturated carbocycles. The van der Waals surface area contributed by atoms with Crippen LogP contribution in [0.15, 0.2) is 85.1 Å². The van der Waals surface area contributed by atoms with Gasteiger partial charge in [-0.2, -0.15) is 0 Å². The Bertz CT molecular complexity index is 1990. The molecule has 0 radical (unpaired) electrons. The Kier molecular flexibility index (Phi) is 5.18. The minimum absolute atomic E-state index is 1.27. The third kappa shape index (κ3) is 2.97. The third-order valence-corrected chi connectivity index (χ3v) is 15.2. The number of nitrogens with zero attached hydrogens (tertiary/aromatic N) is 2. The second-order valence-electron chi connectivity index (χ2n) is 11.1. The van der Waals surface area contributed by atoms with Crippen LogP contribution in [0.2, 0.25) is 18.1 Å². The lowest BCUT2D eigenvalue weighted by molar-refractivity contribution is -0.643. The molecule has 0 fully saturated rings. The molecule has 7 rings (SSSR count). The summed E-state index contributed by atoms with van der Waals surface area (Å²) in [4.78, 5) is 0. The van der Waals surface area contributed by atoms with Crippen molar-refractivity contribution in [3.63, 3.8) is 0 Å². The van der Waals surface area contributed by atoms with Crippen molar-refractivity contribution in [3.05, 3.63) is 90.6 Å². The van der Waals surface area contributed by atoms with Gasteiger partial charge in [0.25, 0.3) is 0 Å². The molecule has 0 N–H and O–H groups in total. The van der Waals surface area contributed by atoms with E-state index in [0.717, 1.165) is 0 Å². The van der Waals surface area contributed by atoms with Crippen LogP contribution >= 0.6 is 0 Å². The first-order valence-electron chi connectivity index (χ1n) is 14.1. The summed E-state index contributed by atoms with van der Waals surface area (Å²) in [7, 11) is 0.628. The van der Waals surface area contributed by atoms with Crippen LogP contribution < -0.4 is 9.75 Å². The van der Waals surface area contributed by atoms with Gasteiger partial charge < -0.3 is 4.40 Å². The molecular formula is C35H35N2Si+. The minimum atomic E-state index is -1.58. The highest BCUT2D eigenvalue weighted by Crippen LogP contribution is 2.43. The molecule has 3 heteroatoms. The van der Waals surface area contributed by atoms with Crippen LogP contribution in [-0.2, 0) is 7.05 Å². The zero-order chi connectivity index (χ0) is 26.2. The lowest BCUT2D eigenvalue weighted by atomic mass is 9.97. The van der Waals surface area contributed by atoms with Crippen LogP contribution in [0.25, 0.3) is 60.1 Å². The van der Waals surface area contributed by atoms with Crippen molar-refractivity contribution in [2.24, 2.45) is 7.05 Å². The second-order valence-corrected chi connectivity index (χ2v) is 16.4. The van der Waals surface area contributed by atoms with Crippen molar-refractivity contribution >= 4 is 62.3 Å². The summed E-state index contributed by atoms with van der Waals surface area (Å²) in [5.41, 5.74) is 9.28. The average molecular weight is 512 g/mol. The summed E-state index contributed by atoms with van der Waals surface area (Å²) < 4.78 is 4.95. The largest absolute Gasteiger partial charge is 0.307 e. The molecule has 0 atom stereocenters. The Morgan fingerprint density at radius 2 is 1.50 bits per heavy atom. The highest BCUT2D eigenvalue weighted by Gasteiger charge is 2.32. The zero-order valence-electron chi connectivity index (χ0n) is 23.1. The second kappa shape index (κ2) is 8.41. The smallest absolute Gasteiger partial charge is 0.224 e. The number of aromatic nitrogens is 2. The number of pyridine rings is 2. The van der Waals surface area contributed by atoms with Crippen LogP contribution in [0.3, 0.4) is 0 Å². The van der Waals surface area contributed by atoms with Crippen LogP contribution in [0.4, 0.5) is 0 Å². The molecular weight excluding hydrogens is 476 g/mol. The first-order valence-corrected chi connectivity index (χ1v) is 16.7. The van der Waals surface area contributed by atoms with E-state index in [1.807, 2.05) is 0 Å². The fourth-order valence-corrected chi connectivity index (χ4v) is 10.9. The van der Waals surface area contributed by atoms with Gasteiger partial charge in [0.05, 0.1) is 35.4 Å². The van der Waals surface area contributed by atoms with Crippen LogP contribution in [0.1, 0.15) is 26.3 Å². The van der Waals surface area contributed by atoms with E-state index in [9.17, 15) is 0 Å². The SMILES string of the molecule is CC[Si](CC)(CC)c1cc2cc[n+](C)c3c4c(C)ccc5c6c(-c7ccccc7)cccc6n(c(c1)c23)c54. The Labute approximate surface area is 225 Å². The maximum absolute atomic E-state index is 2.61. The van der Waals surface area contributed by atoms with Gasteiger partial charge in [-0.1, -0.05) is 105 Å². The molecule has 0 unspecified atom stereocenters. The average Bonchev–Trinajstić information content (AvgIpc) is 3.30. The summed E-state index contributed by atoms with van der Waals surface area (Å²) in [5.74, 6) is 0. The van der Waals surface area contributed by atoms with E-state index in [4.69, 9.17) is 0 Å². The van der Waals surface area contributed by atoms with Crippen molar-refractivity contribution in [2.45, 2.75) is 45.8 Å². The van der Waals surface area contributed by atoms with Gasteiger partial charge in [0.2, 0.25) is 5.52 Å². The molecule has 188 valence electrons. The van der Waals surface area contributed by atoms with E-state index in [-0.39, 0.29) is 0 Å². The number of hydrogen-bond donors (Lipinski definition) is 0. The van der Waals surface area contributed by atoms with E-state index in [1.165, 1.54) is 83.8 Å². The zero-order valence-corrected chi connectivity index (χ0v) is 24.1. The normalized spacial score (nSPS) is 12.7. The van der Waals surface area contributed by atoms with Gasteiger partial charge >= 0.3 is 0 Å². The summed E-state index contributed by atoms with van der Waals surface area (Å²) >= 11 is 0. The van der Waals surface area contributed by atoms with Crippen molar-refractivity contribution < 1.29 is 4.57 Å². The van der Waals surface area contributed by atoms with Gasteiger partial charge in [-0.15, -0.1) is 0 Å². The maximum atomic E-state index is 2.61. The summed E-state index contributed by atoms with van der Waals surface area (Å²) in [6, 6.07) is 33.8. The van der Waals surface area contributed by atoms with Crippen LogP contribution in [-0.4, -0.2) is 12.5 Å². The molecule has 0 bridgehead atoms. The van der Waals surface area contributed by atoms with Gasteiger partial charge in [0, 0.05) is 16.8 Å². The van der Waals surface area contributed by atoms with E-state index in [0.29, 0.717) is 0 Å². The maximum Gasteiger partial charge on any atom is 0.224 e. The molecule has 0 aliphatic carbocycles. The Morgan fingerprint density at radius 3 is 2.24 bits per heavy atom. The van der Waals surface area contributed by atoms with E-state index < -0.39 is 8.07 Å². The number of benzene rings is 4. The molecule has 0 aliphatic rings. The van der Waals surface area contributed by atoms with E-state index in [2.05, 4.69) is 129 Å². The van der Waals surface area contributed by atoms with Crippen molar-refractivity contribution in [1.82, 2.24) is 4.40 Å². The lowest BCUT2D eigenvalue weighted by Crippen LogP contribution is -2.45. The Balaban J connectivity index is 1.79. The number of hydrogen-bond acceptors (Lipinski definition) is 0. The minimum Gasteiger partial charge on any atom is -0.307 e. The standard InChI is InChI=1S/C35H35N2Si/c1-6-38(7-2,8-3)26-21-25-19-20-36(5)35-31-23(4)17-18-28-33-27(24-13-10-9-11-14-24)15-12-16-29(33)37(34(28)31)30(22-26)32(25)35/h9-22H,6-8H2,1-5H3/q+1. The Hall–Kier alpha value is -3.69. The number of fused-ring (bicyclic) bond motifs is 5. The van der Waals surface area contributed by atoms with E-state index >= 15 is 0 Å². The predicted molar refractivity (Wildman–Crippen MR) is 167 cm³/mol. The van der Waals surface area contributed by atoms with Crippen molar-refractivity contribution in [2.75, 3.05) is 0 Å². The molecule has 3 heterocycles. The molecule has 0 saturated heterocycles. The summed E-state index contributed by atoms with van der Waals surface area (Å²) in [5, 5.41) is 8.44. The molecule has 2 nitrogen and oxygen atoms in total. The van der Waals surface area contributed by atoms with E-state index in [1.54, 1.807) is 5.19 Å². The topological polar surface area (TPSA) is 8.29 Å². The molecule has 0 amide bonds. The van der Waals surface area contributed by atoms with Gasteiger partial charge in [-0.3, -0.25) is 0 Å². The van der Waals surface area contributed by atoms with Gasteiger partial charge in [-0.25, -0.2) is 4.57 Å². The lowest BCUT2D eigenvalue weighted by Gasteiger charge is -2.29. The quantitative estimate of drug-likeness (QED) is 0.0947. The predicted octanol–water partition coefficient (Wildman–Crippen LogP) is 8.51. The summed E-state index contributed by atoms with van der Waals surface area (Å²) in [6.45, 7) is 9.52. The summed E-state index contributed by atoms with van der Waals surface area (Å²) in [6.07, 6.45) is 2.27. The van der Waals surface area contributed by atoms with Crippen LogP contribution in [0, 0.1) is 6.92 Å². The highest BCUT2D eigenvalue weighted by atomic mass is 28.3. The molecule has 0 aliphatic heterocycles.